The van der Waals surface area contributed by atoms with Crippen LogP contribution in [0.4, 0.5) is 0 Å². The summed E-state index contributed by atoms with van der Waals surface area (Å²) in [7, 11) is 0. The first-order valence-corrected chi connectivity index (χ1v) is 6.49. The van der Waals surface area contributed by atoms with Crippen LogP contribution in [0.15, 0.2) is 24.9 Å². The third-order valence-electron chi connectivity index (χ3n) is 3.08. The lowest BCUT2D eigenvalue weighted by Gasteiger charge is -2.05. The van der Waals surface area contributed by atoms with E-state index in [1.165, 1.54) is 0 Å². The van der Waals surface area contributed by atoms with Crippen molar-refractivity contribution in [1.82, 2.24) is 15.1 Å². The topological polar surface area (TPSA) is 45.5 Å². The van der Waals surface area contributed by atoms with Crippen molar-refractivity contribution in [2.24, 2.45) is 0 Å². The van der Waals surface area contributed by atoms with Crippen LogP contribution in [0.1, 0.15) is 43.7 Å². The molecule has 2 aromatic rings. The normalized spacial score (nSPS) is 12.9. The number of hydrogen-bond donors (Lipinski definition) is 1. The van der Waals surface area contributed by atoms with Gasteiger partial charge in [0.2, 0.25) is 0 Å². The van der Waals surface area contributed by atoms with Crippen molar-refractivity contribution in [2.75, 3.05) is 0 Å². The van der Waals surface area contributed by atoms with Gasteiger partial charge in [-0.1, -0.05) is 25.5 Å². The first-order chi connectivity index (χ1) is 8.59. The SMILES string of the molecule is CC(C)c1c[nH][n+](CC(C)c2cncnc2)c1Cl. The molecule has 0 amide bonds. The Morgan fingerprint density at radius 2 is 1.94 bits per heavy atom. The summed E-state index contributed by atoms with van der Waals surface area (Å²) in [6.45, 7) is 7.19. The molecule has 4 nitrogen and oxygen atoms in total. The maximum absolute atomic E-state index is 6.35. The summed E-state index contributed by atoms with van der Waals surface area (Å²) in [6, 6.07) is 0. The van der Waals surface area contributed by atoms with E-state index in [0.717, 1.165) is 22.8 Å². The summed E-state index contributed by atoms with van der Waals surface area (Å²) in [6.07, 6.45) is 7.21. The quantitative estimate of drug-likeness (QED) is 0.864. The van der Waals surface area contributed by atoms with Crippen molar-refractivity contribution in [1.29, 1.82) is 0 Å². The lowest BCUT2D eigenvalue weighted by atomic mass is 10.1. The Bertz CT molecular complexity index is 507. The van der Waals surface area contributed by atoms with Gasteiger partial charge in [0.15, 0.2) is 6.54 Å². The highest BCUT2D eigenvalue weighted by molar-refractivity contribution is 6.29. The number of hydrogen-bond acceptors (Lipinski definition) is 2. The average molecular weight is 266 g/mol. The van der Waals surface area contributed by atoms with Gasteiger partial charge >= 0.3 is 5.15 Å². The van der Waals surface area contributed by atoms with E-state index in [-0.39, 0.29) is 0 Å². The highest BCUT2D eigenvalue weighted by Gasteiger charge is 2.22. The molecule has 1 atom stereocenters. The fourth-order valence-electron chi connectivity index (χ4n) is 1.90. The number of aromatic nitrogens is 4. The van der Waals surface area contributed by atoms with Gasteiger partial charge in [-0.3, -0.25) is 0 Å². The van der Waals surface area contributed by atoms with Crippen molar-refractivity contribution in [3.63, 3.8) is 0 Å². The van der Waals surface area contributed by atoms with Gasteiger partial charge < -0.3 is 0 Å². The minimum Gasteiger partial charge on any atom is -0.245 e. The smallest absolute Gasteiger partial charge is 0.245 e. The number of H-pyrrole nitrogens is 1. The summed E-state index contributed by atoms with van der Waals surface area (Å²) < 4.78 is 1.97. The molecule has 0 radical (unpaired) electrons. The summed E-state index contributed by atoms with van der Waals surface area (Å²) in [5, 5.41) is 3.99. The first-order valence-electron chi connectivity index (χ1n) is 6.11. The monoisotopic (exact) mass is 265 g/mol. The summed E-state index contributed by atoms with van der Waals surface area (Å²) in [5.74, 6) is 0.734. The molecule has 0 fully saturated rings. The van der Waals surface area contributed by atoms with Gasteiger partial charge in [0.1, 0.15) is 6.33 Å². The second-order valence-corrected chi connectivity index (χ2v) is 5.22. The van der Waals surface area contributed by atoms with E-state index < -0.39 is 0 Å². The van der Waals surface area contributed by atoms with E-state index in [9.17, 15) is 0 Å². The molecule has 0 saturated carbocycles. The van der Waals surface area contributed by atoms with E-state index in [1.54, 1.807) is 6.33 Å². The Morgan fingerprint density at radius 3 is 2.50 bits per heavy atom. The van der Waals surface area contributed by atoms with E-state index in [4.69, 9.17) is 11.6 Å². The minimum atomic E-state index is 0.312. The Kier molecular flexibility index (Phi) is 3.97. The fourth-order valence-corrected chi connectivity index (χ4v) is 2.29. The van der Waals surface area contributed by atoms with Gasteiger partial charge in [-0.15, -0.1) is 0 Å². The summed E-state index contributed by atoms with van der Waals surface area (Å²) >= 11 is 6.35. The van der Waals surface area contributed by atoms with Crippen molar-refractivity contribution >= 4 is 11.6 Å². The highest BCUT2D eigenvalue weighted by Crippen LogP contribution is 2.21. The molecule has 1 unspecified atom stereocenters. The number of rotatable bonds is 4. The van der Waals surface area contributed by atoms with Crippen LogP contribution in [0.2, 0.25) is 5.15 Å². The second kappa shape index (κ2) is 5.48. The van der Waals surface area contributed by atoms with Crippen LogP contribution in [-0.4, -0.2) is 15.1 Å². The molecule has 96 valence electrons. The lowest BCUT2D eigenvalue weighted by Crippen LogP contribution is -2.39. The average Bonchev–Trinajstić information content (AvgIpc) is 2.72. The largest absolute Gasteiger partial charge is 0.303 e. The Morgan fingerprint density at radius 1 is 1.28 bits per heavy atom. The zero-order valence-corrected chi connectivity index (χ0v) is 11.6. The van der Waals surface area contributed by atoms with Crippen molar-refractivity contribution < 1.29 is 4.68 Å². The van der Waals surface area contributed by atoms with Crippen molar-refractivity contribution in [3.05, 3.63) is 41.2 Å². The fraction of sp³-hybridized carbons (Fsp3) is 0.462. The molecular formula is C13H18ClN4+. The molecular weight excluding hydrogens is 248 g/mol. The van der Waals surface area contributed by atoms with Crippen LogP contribution in [0.3, 0.4) is 0 Å². The molecule has 1 N–H and O–H groups in total. The van der Waals surface area contributed by atoms with E-state index in [1.807, 2.05) is 23.3 Å². The number of aromatic amines is 1. The third kappa shape index (κ3) is 2.70. The predicted octanol–water partition coefficient (Wildman–Crippen LogP) is 2.67. The zero-order chi connectivity index (χ0) is 13.1. The summed E-state index contributed by atoms with van der Waals surface area (Å²) in [5.41, 5.74) is 2.26. The van der Waals surface area contributed by atoms with Crippen LogP contribution < -0.4 is 4.68 Å². The highest BCUT2D eigenvalue weighted by atomic mass is 35.5. The number of nitrogens with zero attached hydrogens (tertiary/aromatic N) is 3. The van der Waals surface area contributed by atoms with Gasteiger partial charge in [-0.25, -0.2) is 9.97 Å². The van der Waals surface area contributed by atoms with Gasteiger partial charge in [0, 0.05) is 18.3 Å². The van der Waals surface area contributed by atoms with Crippen LogP contribution in [0.5, 0.6) is 0 Å². The Labute approximate surface area is 112 Å². The molecule has 0 spiro atoms. The molecule has 0 aliphatic carbocycles. The molecule has 2 aromatic heterocycles. The molecule has 0 aliphatic heterocycles. The molecule has 5 heteroatoms. The number of nitrogens with one attached hydrogen (secondary N) is 1. The predicted molar refractivity (Wildman–Crippen MR) is 70.5 cm³/mol. The molecule has 2 rings (SSSR count). The van der Waals surface area contributed by atoms with Crippen LogP contribution in [0.25, 0.3) is 0 Å². The zero-order valence-electron chi connectivity index (χ0n) is 10.9. The molecule has 2 heterocycles. The van der Waals surface area contributed by atoms with E-state index in [2.05, 4.69) is 35.8 Å². The van der Waals surface area contributed by atoms with Gasteiger partial charge in [-0.2, -0.15) is 5.10 Å². The van der Waals surface area contributed by atoms with E-state index >= 15 is 0 Å². The molecule has 0 aliphatic rings. The second-order valence-electron chi connectivity index (χ2n) is 4.86. The minimum absolute atomic E-state index is 0.312. The standard InChI is InChI=1S/C13H17ClN4/c1-9(2)12-6-17-18(13(12)14)7-10(3)11-4-15-8-16-5-11/h4-6,8-10H,7H2,1-3H3/p+1. The molecule has 18 heavy (non-hydrogen) atoms. The third-order valence-corrected chi connectivity index (χ3v) is 3.50. The lowest BCUT2D eigenvalue weighted by molar-refractivity contribution is -0.750. The maximum atomic E-state index is 6.35. The van der Waals surface area contributed by atoms with Crippen LogP contribution in [-0.2, 0) is 6.54 Å². The summed E-state index contributed by atoms with van der Waals surface area (Å²) in [4.78, 5) is 8.08. The Hall–Kier alpha value is -1.42. The maximum Gasteiger partial charge on any atom is 0.303 e. The molecule has 0 aromatic carbocycles. The van der Waals surface area contributed by atoms with Gasteiger partial charge in [0.05, 0.1) is 11.8 Å². The molecule has 0 saturated heterocycles. The van der Waals surface area contributed by atoms with Crippen LogP contribution in [0, 0.1) is 0 Å². The van der Waals surface area contributed by atoms with Gasteiger partial charge in [-0.05, 0) is 23.1 Å². The first kappa shape index (κ1) is 13.0. The number of halogens is 1. The van der Waals surface area contributed by atoms with Crippen molar-refractivity contribution in [3.8, 4) is 0 Å². The van der Waals surface area contributed by atoms with E-state index in [0.29, 0.717) is 11.8 Å². The molecule has 0 bridgehead atoms. The van der Waals surface area contributed by atoms with Crippen LogP contribution >= 0.6 is 11.6 Å². The Balaban J connectivity index is 2.15. The van der Waals surface area contributed by atoms with Gasteiger partial charge in [0.25, 0.3) is 0 Å². The van der Waals surface area contributed by atoms with Crippen molar-refractivity contribution in [2.45, 2.75) is 39.2 Å².